The van der Waals surface area contributed by atoms with Crippen molar-refractivity contribution in [3.8, 4) is 5.69 Å². The molecule has 0 aliphatic rings. The smallest absolute Gasteiger partial charge is 0.324 e. The lowest BCUT2D eigenvalue weighted by atomic mass is 10.2. The van der Waals surface area contributed by atoms with Gasteiger partial charge in [-0.2, -0.15) is 0 Å². The van der Waals surface area contributed by atoms with Crippen LogP contribution in [0.1, 0.15) is 5.56 Å². The van der Waals surface area contributed by atoms with Crippen molar-refractivity contribution < 1.29 is 4.79 Å². The third-order valence-electron chi connectivity index (χ3n) is 4.46. The van der Waals surface area contributed by atoms with Crippen LogP contribution in [-0.4, -0.2) is 24.7 Å². The molecular weight excluding hydrogens is 438 g/mol. The Hall–Kier alpha value is -3.46. The van der Waals surface area contributed by atoms with Crippen molar-refractivity contribution >= 4 is 33.2 Å². The van der Waals surface area contributed by atoms with Gasteiger partial charge in [0.05, 0.1) is 0 Å². The van der Waals surface area contributed by atoms with Crippen LogP contribution in [0.15, 0.2) is 75.0 Å². The number of aryl methyl sites for hydroxylation is 1. The van der Waals surface area contributed by atoms with E-state index in [-0.39, 0.29) is 12.2 Å². The summed E-state index contributed by atoms with van der Waals surface area (Å²) in [5.41, 5.74) is 1.14. The number of carbonyl (C=O) groups is 1. The molecule has 0 radical (unpaired) electrons. The molecule has 0 unspecified atom stereocenters. The first-order valence-electron chi connectivity index (χ1n) is 8.76. The number of fused-ring (bicyclic) bond motifs is 1. The van der Waals surface area contributed by atoms with Crippen molar-refractivity contribution in [2.24, 2.45) is 0 Å². The molecule has 4 rings (SSSR count). The summed E-state index contributed by atoms with van der Waals surface area (Å²) in [6.45, 7) is 1.57. The second-order valence-corrected chi connectivity index (χ2v) is 7.36. The van der Waals surface area contributed by atoms with E-state index in [1.54, 1.807) is 18.2 Å². The van der Waals surface area contributed by atoms with Gasteiger partial charge in [-0.05, 0) is 42.8 Å². The Labute approximate surface area is 173 Å². The Kier molecular flexibility index (Phi) is 4.89. The first kappa shape index (κ1) is 18.9. The molecule has 0 saturated carbocycles. The molecule has 2 heterocycles. The van der Waals surface area contributed by atoms with Gasteiger partial charge in [-0.25, -0.2) is 13.9 Å². The van der Waals surface area contributed by atoms with Gasteiger partial charge in [0.1, 0.15) is 6.54 Å². The van der Waals surface area contributed by atoms with Crippen LogP contribution in [0, 0.1) is 6.92 Å². The zero-order valence-electron chi connectivity index (χ0n) is 15.4. The third kappa shape index (κ3) is 3.64. The number of amides is 1. The first-order chi connectivity index (χ1) is 13.9. The second-order valence-electron chi connectivity index (χ2n) is 6.45. The molecule has 1 amide bonds. The molecule has 0 fully saturated rings. The maximum atomic E-state index is 12.8. The molecule has 0 aliphatic carbocycles. The van der Waals surface area contributed by atoms with E-state index in [1.807, 2.05) is 37.3 Å². The molecule has 146 valence electrons. The molecule has 0 aliphatic heterocycles. The SMILES string of the molecule is Cc1ccccc1NC(=O)Cn1nc2c(=O)n(-c3ccc(Br)cc3)ccn2c1=O. The molecule has 9 heteroatoms. The lowest BCUT2D eigenvalue weighted by molar-refractivity contribution is -0.117. The predicted molar refractivity (Wildman–Crippen MR) is 113 cm³/mol. The van der Waals surface area contributed by atoms with Crippen molar-refractivity contribution in [3.63, 3.8) is 0 Å². The fraction of sp³-hybridized carbons (Fsp3) is 0.100. The maximum Gasteiger partial charge on any atom is 0.351 e. The van der Waals surface area contributed by atoms with Gasteiger partial charge >= 0.3 is 11.2 Å². The molecule has 0 atom stereocenters. The summed E-state index contributed by atoms with van der Waals surface area (Å²) in [4.78, 5) is 37.7. The Morgan fingerprint density at radius 3 is 2.52 bits per heavy atom. The van der Waals surface area contributed by atoms with Gasteiger partial charge in [-0.3, -0.25) is 14.2 Å². The fourth-order valence-electron chi connectivity index (χ4n) is 2.96. The van der Waals surface area contributed by atoms with E-state index in [9.17, 15) is 14.4 Å². The molecule has 0 spiro atoms. The number of hydrogen-bond acceptors (Lipinski definition) is 4. The van der Waals surface area contributed by atoms with Crippen molar-refractivity contribution in [3.05, 3.63) is 91.8 Å². The summed E-state index contributed by atoms with van der Waals surface area (Å²) in [7, 11) is 0. The van der Waals surface area contributed by atoms with Crippen molar-refractivity contribution in [1.29, 1.82) is 0 Å². The number of para-hydroxylation sites is 1. The molecule has 0 saturated heterocycles. The highest BCUT2D eigenvalue weighted by atomic mass is 79.9. The van der Waals surface area contributed by atoms with Gasteiger partial charge in [-0.1, -0.05) is 34.1 Å². The highest BCUT2D eigenvalue weighted by molar-refractivity contribution is 9.10. The summed E-state index contributed by atoms with van der Waals surface area (Å²) < 4.78 is 4.40. The van der Waals surface area contributed by atoms with Crippen LogP contribution in [0.25, 0.3) is 11.3 Å². The number of nitrogens with one attached hydrogen (secondary N) is 1. The molecule has 2 aromatic carbocycles. The van der Waals surface area contributed by atoms with E-state index in [0.717, 1.165) is 19.1 Å². The minimum atomic E-state index is -0.556. The number of halogens is 1. The number of carbonyl (C=O) groups excluding carboxylic acids is 1. The van der Waals surface area contributed by atoms with E-state index < -0.39 is 17.2 Å². The lowest BCUT2D eigenvalue weighted by Crippen LogP contribution is -2.28. The Morgan fingerprint density at radius 1 is 1.07 bits per heavy atom. The molecule has 4 aromatic rings. The average Bonchev–Trinajstić information content (AvgIpc) is 3.01. The van der Waals surface area contributed by atoms with Crippen LogP contribution < -0.4 is 16.6 Å². The van der Waals surface area contributed by atoms with Gasteiger partial charge in [0.2, 0.25) is 11.6 Å². The Morgan fingerprint density at radius 2 is 1.79 bits per heavy atom. The van der Waals surface area contributed by atoms with Crippen molar-refractivity contribution in [2.45, 2.75) is 13.5 Å². The first-order valence-corrected chi connectivity index (χ1v) is 9.55. The lowest BCUT2D eigenvalue weighted by Gasteiger charge is -2.07. The van der Waals surface area contributed by atoms with E-state index in [0.29, 0.717) is 11.4 Å². The monoisotopic (exact) mass is 453 g/mol. The van der Waals surface area contributed by atoms with Gasteiger partial charge < -0.3 is 5.32 Å². The van der Waals surface area contributed by atoms with E-state index in [2.05, 4.69) is 26.3 Å². The topological polar surface area (TPSA) is 90.4 Å². The highest BCUT2D eigenvalue weighted by Crippen LogP contribution is 2.14. The van der Waals surface area contributed by atoms with Crippen LogP contribution in [-0.2, 0) is 11.3 Å². The molecule has 29 heavy (non-hydrogen) atoms. The quantitative estimate of drug-likeness (QED) is 0.513. The highest BCUT2D eigenvalue weighted by Gasteiger charge is 2.15. The van der Waals surface area contributed by atoms with E-state index in [1.165, 1.54) is 17.0 Å². The zero-order valence-corrected chi connectivity index (χ0v) is 17.0. The summed E-state index contributed by atoms with van der Waals surface area (Å²) in [5, 5.41) is 6.83. The van der Waals surface area contributed by atoms with Gasteiger partial charge in [0.25, 0.3) is 0 Å². The van der Waals surface area contributed by atoms with Crippen LogP contribution in [0.2, 0.25) is 0 Å². The van der Waals surface area contributed by atoms with Crippen LogP contribution in [0.3, 0.4) is 0 Å². The standard InChI is InChI=1S/C20H16BrN5O3/c1-13-4-2-3-5-16(13)22-17(27)12-26-20(29)25-11-10-24(19(28)18(25)23-26)15-8-6-14(21)7-9-15/h2-11H,12H2,1H3,(H,22,27). The largest absolute Gasteiger partial charge is 0.351 e. The molecule has 1 N–H and O–H groups in total. The number of rotatable bonds is 4. The second kappa shape index (κ2) is 7.51. The minimum Gasteiger partial charge on any atom is -0.324 e. The zero-order chi connectivity index (χ0) is 20.5. The predicted octanol–water partition coefficient (Wildman–Crippen LogP) is 2.36. The van der Waals surface area contributed by atoms with Gasteiger partial charge in [-0.15, -0.1) is 5.10 Å². The summed E-state index contributed by atoms with van der Waals surface area (Å²) in [5.74, 6) is -0.405. The summed E-state index contributed by atoms with van der Waals surface area (Å²) in [6.07, 6.45) is 2.96. The van der Waals surface area contributed by atoms with Crippen LogP contribution in [0.4, 0.5) is 5.69 Å². The number of anilines is 1. The summed E-state index contributed by atoms with van der Waals surface area (Å²) >= 11 is 3.35. The molecule has 0 bridgehead atoms. The van der Waals surface area contributed by atoms with E-state index >= 15 is 0 Å². The van der Waals surface area contributed by atoms with Crippen molar-refractivity contribution in [1.82, 2.24) is 18.7 Å². The van der Waals surface area contributed by atoms with E-state index in [4.69, 9.17) is 0 Å². The number of hydrogen-bond donors (Lipinski definition) is 1. The third-order valence-corrected chi connectivity index (χ3v) is 4.99. The van der Waals surface area contributed by atoms with Gasteiger partial charge in [0.15, 0.2) is 0 Å². The average molecular weight is 454 g/mol. The number of benzene rings is 2. The van der Waals surface area contributed by atoms with Crippen molar-refractivity contribution in [2.75, 3.05) is 5.32 Å². The fourth-order valence-corrected chi connectivity index (χ4v) is 3.22. The number of aromatic nitrogens is 4. The summed E-state index contributed by atoms with van der Waals surface area (Å²) in [6, 6.07) is 14.5. The number of nitrogens with zero attached hydrogens (tertiary/aromatic N) is 4. The molecular formula is C20H16BrN5O3. The normalized spacial score (nSPS) is 11.0. The van der Waals surface area contributed by atoms with Gasteiger partial charge in [0, 0.05) is 28.2 Å². The molecule has 8 nitrogen and oxygen atoms in total. The Bertz CT molecular complexity index is 1330. The van der Waals surface area contributed by atoms with Crippen LogP contribution >= 0.6 is 15.9 Å². The maximum absolute atomic E-state index is 12.8. The van der Waals surface area contributed by atoms with Crippen LogP contribution in [0.5, 0.6) is 0 Å². The Balaban J connectivity index is 1.67. The minimum absolute atomic E-state index is 0.0517. The molecule has 2 aromatic heterocycles.